The highest BCUT2D eigenvalue weighted by Gasteiger charge is 2.44. The first-order chi connectivity index (χ1) is 5.23. The Balaban J connectivity index is 2.12. The summed E-state index contributed by atoms with van der Waals surface area (Å²) in [5, 5.41) is 0. The van der Waals surface area contributed by atoms with Gasteiger partial charge in [0.2, 0.25) is 0 Å². The third-order valence-corrected chi connectivity index (χ3v) is 3.81. The molecule has 2 atom stereocenters. The van der Waals surface area contributed by atoms with Crippen molar-refractivity contribution in [3.63, 3.8) is 0 Å². The molecule has 1 spiro atoms. The Labute approximate surface area is 70.0 Å². The normalized spacial score (nSPS) is 42.0. The van der Waals surface area contributed by atoms with Gasteiger partial charge in [-0.2, -0.15) is 0 Å². The summed E-state index contributed by atoms with van der Waals surface area (Å²) < 4.78 is 1.47. The smallest absolute Gasteiger partial charge is 0.0866 e. The molecule has 2 saturated heterocycles. The maximum atomic E-state index is 2.45. The largest absolute Gasteiger partial charge is 0.321 e. The Kier molecular flexibility index (Phi) is 1.71. The third-order valence-electron chi connectivity index (χ3n) is 3.81. The van der Waals surface area contributed by atoms with Crippen LogP contribution in [0, 0.1) is 5.92 Å². The minimum atomic E-state index is 0.965. The molecule has 0 amide bonds. The molecule has 2 rings (SSSR count). The molecule has 2 aliphatic rings. The van der Waals surface area contributed by atoms with E-state index in [4.69, 9.17) is 0 Å². The highest BCUT2D eigenvalue weighted by Crippen LogP contribution is 2.35. The summed E-state index contributed by atoms with van der Waals surface area (Å²) in [6.45, 7) is 9.30. The fraction of sp³-hybridized carbons (Fsp3) is 1.00. The lowest BCUT2D eigenvalue weighted by atomic mass is 10.1. The van der Waals surface area contributed by atoms with Crippen LogP contribution in [0.1, 0.15) is 33.1 Å². The van der Waals surface area contributed by atoms with Crippen molar-refractivity contribution >= 4 is 0 Å². The highest BCUT2D eigenvalue weighted by atomic mass is 15.4. The lowest BCUT2D eigenvalue weighted by molar-refractivity contribution is -0.927. The van der Waals surface area contributed by atoms with Crippen LogP contribution >= 0.6 is 0 Å². The Hall–Kier alpha value is -0.0400. The summed E-state index contributed by atoms with van der Waals surface area (Å²) in [6.07, 6.45) is 4.44. The highest BCUT2D eigenvalue weighted by molar-refractivity contribution is 4.72. The summed E-state index contributed by atoms with van der Waals surface area (Å²) in [7, 11) is 0. The zero-order valence-electron chi connectivity index (χ0n) is 7.84. The topological polar surface area (TPSA) is 0 Å². The second kappa shape index (κ2) is 2.48. The first-order valence-electron chi connectivity index (χ1n) is 5.09. The van der Waals surface area contributed by atoms with Crippen molar-refractivity contribution in [2.75, 3.05) is 19.6 Å². The van der Waals surface area contributed by atoms with Gasteiger partial charge in [0.15, 0.2) is 0 Å². The average Bonchev–Trinajstić information content (AvgIpc) is 2.45. The molecule has 0 saturated carbocycles. The molecule has 11 heavy (non-hydrogen) atoms. The lowest BCUT2D eigenvalue weighted by Gasteiger charge is -2.34. The van der Waals surface area contributed by atoms with Crippen LogP contribution in [-0.2, 0) is 0 Å². The molecule has 2 fully saturated rings. The van der Waals surface area contributed by atoms with Crippen LogP contribution in [0.15, 0.2) is 0 Å². The van der Waals surface area contributed by atoms with Gasteiger partial charge in [-0.25, -0.2) is 0 Å². The van der Waals surface area contributed by atoms with Crippen molar-refractivity contribution in [1.29, 1.82) is 0 Å². The summed E-state index contributed by atoms with van der Waals surface area (Å²) >= 11 is 0. The first-order valence-corrected chi connectivity index (χ1v) is 5.09. The van der Waals surface area contributed by atoms with Crippen LogP contribution in [0.5, 0.6) is 0 Å². The summed E-state index contributed by atoms with van der Waals surface area (Å²) in [5.74, 6) is 0.989. The standard InChI is InChI=1S/C10H20N/c1-9-7-10(2)11(8-9)5-3-4-6-11/h9-10H,3-8H2,1-2H3/q+1. The summed E-state index contributed by atoms with van der Waals surface area (Å²) in [5.41, 5.74) is 0. The number of hydrogen-bond donors (Lipinski definition) is 0. The zero-order chi connectivity index (χ0) is 7.90. The monoisotopic (exact) mass is 154 g/mol. The van der Waals surface area contributed by atoms with E-state index in [9.17, 15) is 0 Å². The summed E-state index contributed by atoms with van der Waals surface area (Å²) in [6, 6.07) is 0.965. The van der Waals surface area contributed by atoms with Gasteiger partial charge in [0.1, 0.15) is 0 Å². The van der Waals surface area contributed by atoms with E-state index in [0.717, 1.165) is 12.0 Å². The van der Waals surface area contributed by atoms with Crippen LogP contribution in [0.3, 0.4) is 0 Å². The van der Waals surface area contributed by atoms with E-state index in [1.165, 1.54) is 43.4 Å². The molecule has 64 valence electrons. The minimum absolute atomic E-state index is 0.965. The van der Waals surface area contributed by atoms with Crippen molar-refractivity contribution in [2.45, 2.75) is 39.2 Å². The number of nitrogens with zero attached hydrogens (tertiary/aromatic N) is 1. The van der Waals surface area contributed by atoms with E-state index in [0.29, 0.717) is 0 Å². The van der Waals surface area contributed by atoms with Gasteiger partial charge in [0.25, 0.3) is 0 Å². The fourth-order valence-electron chi connectivity index (χ4n) is 3.27. The molecule has 2 aliphatic heterocycles. The van der Waals surface area contributed by atoms with E-state index >= 15 is 0 Å². The van der Waals surface area contributed by atoms with Crippen molar-refractivity contribution in [3.8, 4) is 0 Å². The molecule has 0 aliphatic carbocycles. The third kappa shape index (κ3) is 1.10. The van der Waals surface area contributed by atoms with Gasteiger partial charge in [-0.05, 0) is 6.92 Å². The van der Waals surface area contributed by atoms with Crippen LogP contribution in [-0.4, -0.2) is 30.2 Å². The molecule has 0 aromatic rings. The minimum Gasteiger partial charge on any atom is -0.321 e. The molecule has 0 aromatic heterocycles. The second-order valence-electron chi connectivity index (χ2n) is 4.75. The van der Waals surface area contributed by atoms with E-state index in [1.807, 2.05) is 0 Å². The van der Waals surface area contributed by atoms with Gasteiger partial charge in [-0.15, -0.1) is 0 Å². The van der Waals surface area contributed by atoms with Crippen molar-refractivity contribution in [3.05, 3.63) is 0 Å². The van der Waals surface area contributed by atoms with Gasteiger partial charge < -0.3 is 4.48 Å². The lowest BCUT2D eigenvalue weighted by Crippen LogP contribution is -2.47. The van der Waals surface area contributed by atoms with Gasteiger partial charge in [-0.1, -0.05) is 6.92 Å². The zero-order valence-corrected chi connectivity index (χ0v) is 7.84. The summed E-state index contributed by atoms with van der Waals surface area (Å²) in [4.78, 5) is 0. The Bertz CT molecular complexity index is 147. The Morgan fingerprint density at radius 3 is 2.18 bits per heavy atom. The van der Waals surface area contributed by atoms with Gasteiger partial charge in [0.05, 0.1) is 25.7 Å². The number of hydrogen-bond acceptors (Lipinski definition) is 0. The number of quaternary nitrogens is 1. The van der Waals surface area contributed by atoms with Crippen LogP contribution in [0.4, 0.5) is 0 Å². The van der Waals surface area contributed by atoms with Crippen LogP contribution in [0.2, 0.25) is 0 Å². The fourth-order valence-corrected chi connectivity index (χ4v) is 3.27. The first kappa shape index (κ1) is 7.60. The molecular weight excluding hydrogens is 134 g/mol. The predicted molar refractivity (Wildman–Crippen MR) is 47.3 cm³/mol. The maximum Gasteiger partial charge on any atom is 0.0866 e. The number of rotatable bonds is 0. The molecule has 2 heterocycles. The quantitative estimate of drug-likeness (QED) is 0.468. The average molecular weight is 154 g/mol. The molecule has 0 N–H and O–H groups in total. The SMILES string of the molecule is CC1CC(C)[N+]2(CCCC2)C1. The van der Waals surface area contributed by atoms with E-state index in [2.05, 4.69) is 13.8 Å². The van der Waals surface area contributed by atoms with E-state index < -0.39 is 0 Å². The van der Waals surface area contributed by atoms with Crippen molar-refractivity contribution < 1.29 is 4.48 Å². The second-order valence-corrected chi connectivity index (χ2v) is 4.75. The Morgan fingerprint density at radius 2 is 1.73 bits per heavy atom. The molecule has 0 bridgehead atoms. The van der Waals surface area contributed by atoms with Crippen molar-refractivity contribution in [2.24, 2.45) is 5.92 Å². The van der Waals surface area contributed by atoms with Crippen LogP contribution < -0.4 is 0 Å². The van der Waals surface area contributed by atoms with Gasteiger partial charge in [0, 0.05) is 25.2 Å². The van der Waals surface area contributed by atoms with E-state index in [1.54, 1.807) is 0 Å². The van der Waals surface area contributed by atoms with Crippen molar-refractivity contribution in [1.82, 2.24) is 0 Å². The predicted octanol–water partition coefficient (Wildman–Crippen LogP) is 2.03. The van der Waals surface area contributed by atoms with Gasteiger partial charge in [-0.3, -0.25) is 0 Å². The molecule has 0 radical (unpaired) electrons. The van der Waals surface area contributed by atoms with Gasteiger partial charge >= 0.3 is 0 Å². The van der Waals surface area contributed by atoms with Crippen LogP contribution in [0.25, 0.3) is 0 Å². The molecule has 2 unspecified atom stereocenters. The molecule has 0 aromatic carbocycles. The molecular formula is C10H20N+. The molecule has 1 heteroatoms. The Morgan fingerprint density at radius 1 is 1.09 bits per heavy atom. The van der Waals surface area contributed by atoms with E-state index in [-0.39, 0.29) is 0 Å². The molecule has 1 nitrogen and oxygen atoms in total. The maximum absolute atomic E-state index is 2.45.